The summed E-state index contributed by atoms with van der Waals surface area (Å²) in [6.45, 7) is 0.701. The minimum atomic E-state index is -2.58. The lowest BCUT2D eigenvalue weighted by molar-refractivity contribution is -0.0391. The molecule has 1 aromatic carbocycles. The molecule has 1 fully saturated rings. The van der Waals surface area contributed by atoms with E-state index in [0.29, 0.717) is 19.4 Å². The number of hydrogen-bond acceptors (Lipinski definition) is 1. The molecular formula is C13H17F2N. The molecule has 2 rings (SSSR count). The second-order valence-corrected chi connectivity index (χ2v) is 4.41. The Morgan fingerprint density at radius 2 is 1.94 bits per heavy atom. The van der Waals surface area contributed by atoms with Crippen molar-refractivity contribution >= 4 is 0 Å². The molecule has 1 aliphatic rings. The van der Waals surface area contributed by atoms with Crippen molar-refractivity contribution in [3.8, 4) is 0 Å². The first-order valence-electron chi connectivity index (χ1n) is 5.83. The largest absolute Gasteiger partial charge is 0.308 e. The van der Waals surface area contributed by atoms with Crippen LogP contribution in [-0.4, -0.2) is 18.5 Å². The van der Waals surface area contributed by atoms with Crippen molar-refractivity contribution in [3.63, 3.8) is 0 Å². The average Bonchev–Trinajstić information content (AvgIpc) is 2.43. The van der Waals surface area contributed by atoms with Crippen molar-refractivity contribution in [2.45, 2.75) is 37.6 Å². The quantitative estimate of drug-likeness (QED) is 0.815. The number of halogens is 2. The van der Waals surface area contributed by atoms with Gasteiger partial charge in [0.1, 0.15) is 0 Å². The second-order valence-electron chi connectivity index (χ2n) is 4.41. The highest BCUT2D eigenvalue weighted by atomic mass is 19.3. The Kier molecular flexibility index (Phi) is 3.54. The number of benzene rings is 1. The molecule has 0 aromatic heterocycles. The van der Waals surface area contributed by atoms with Gasteiger partial charge in [0.25, 0.3) is 5.92 Å². The minimum Gasteiger partial charge on any atom is -0.308 e. The molecule has 3 heteroatoms. The van der Waals surface area contributed by atoms with Crippen LogP contribution in [0.4, 0.5) is 8.78 Å². The van der Waals surface area contributed by atoms with E-state index in [2.05, 4.69) is 5.32 Å². The van der Waals surface area contributed by atoms with Crippen molar-refractivity contribution in [2.24, 2.45) is 0 Å². The molecule has 88 valence electrons. The van der Waals surface area contributed by atoms with Gasteiger partial charge in [-0.15, -0.1) is 0 Å². The SMILES string of the molecule is FC1(F)CCCCNC1Cc1ccccc1. The van der Waals surface area contributed by atoms with Crippen molar-refractivity contribution in [2.75, 3.05) is 6.54 Å². The molecule has 0 saturated carbocycles. The topological polar surface area (TPSA) is 12.0 Å². The van der Waals surface area contributed by atoms with Gasteiger partial charge in [0.2, 0.25) is 0 Å². The Morgan fingerprint density at radius 3 is 2.69 bits per heavy atom. The Balaban J connectivity index is 2.07. The van der Waals surface area contributed by atoms with Crippen LogP contribution in [0.2, 0.25) is 0 Å². The van der Waals surface area contributed by atoms with Gasteiger partial charge in [0.15, 0.2) is 0 Å². The van der Waals surface area contributed by atoms with Gasteiger partial charge in [-0.2, -0.15) is 0 Å². The molecule has 1 nitrogen and oxygen atoms in total. The first-order valence-corrected chi connectivity index (χ1v) is 5.83. The molecule has 1 atom stereocenters. The van der Waals surface area contributed by atoms with Gasteiger partial charge in [-0.25, -0.2) is 8.78 Å². The summed E-state index contributed by atoms with van der Waals surface area (Å²) in [5, 5.41) is 2.97. The molecular weight excluding hydrogens is 208 g/mol. The fourth-order valence-corrected chi connectivity index (χ4v) is 2.16. The van der Waals surface area contributed by atoms with Crippen molar-refractivity contribution in [1.82, 2.24) is 5.32 Å². The minimum absolute atomic E-state index is 0.0114. The van der Waals surface area contributed by atoms with Crippen LogP contribution < -0.4 is 5.32 Å². The van der Waals surface area contributed by atoms with Crippen molar-refractivity contribution in [1.29, 1.82) is 0 Å². The molecule has 1 heterocycles. The van der Waals surface area contributed by atoms with Crippen LogP contribution in [0.3, 0.4) is 0 Å². The summed E-state index contributed by atoms with van der Waals surface area (Å²) in [7, 11) is 0. The zero-order valence-electron chi connectivity index (χ0n) is 9.26. The Hall–Kier alpha value is -0.960. The summed E-state index contributed by atoms with van der Waals surface area (Å²) in [6, 6.07) is 8.79. The molecule has 0 radical (unpaired) electrons. The fourth-order valence-electron chi connectivity index (χ4n) is 2.16. The van der Waals surface area contributed by atoms with Crippen LogP contribution in [0, 0.1) is 0 Å². The molecule has 0 bridgehead atoms. The van der Waals surface area contributed by atoms with Crippen LogP contribution in [0.5, 0.6) is 0 Å². The van der Waals surface area contributed by atoms with E-state index < -0.39 is 12.0 Å². The molecule has 0 amide bonds. The maximum absolute atomic E-state index is 13.8. The Bertz CT molecular complexity index is 324. The van der Waals surface area contributed by atoms with Crippen molar-refractivity contribution < 1.29 is 8.78 Å². The zero-order chi connectivity index (χ0) is 11.4. The summed E-state index contributed by atoms with van der Waals surface area (Å²) in [6.07, 6.45) is 1.89. The summed E-state index contributed by atoms with van der Waals surface area (Å²) in [4.78, 5) is 0. The Morgan fingerprint density at radius 1 is 1.19 bits per heavy atom. The van der Waals surface area contributed by atoms with Crippen LogP contribution in [0.15, 0.2) is 30.3 Å². The van der Waals surface area contributed by atoms with Gasteiger partial charge >= 0.3 is 0 Å². The molecule has 1 unspecified atom stereocenters. The summed E-state index contributed by atoms with van der Waals surface area (Å²) < 4.78 is 27.5. The lowest BCUT2D eigenvalue weighted by Gasteiger charge is -2.25. The number of hydrogen-bond donors (Lipinski definition) is 1. The first kappa shape index (κ1) is 11.5. The molecule has 1 aliphatic heterocycles. The molecule has 0 spiro atoms. The lowest BCUT2D eigenvalue weighted by Crippen LogP contribution is -2.45. The van der Waals surface area contributed by atoms with E-state index in [1.807, 2.05) is 30.3 Å². The van der Waals surface area contributed by atoms with E-state index in [1.165, 1.54) is 0 Å². The van der Waals surface area contributed by atoms with Crippen molar-refractivity contribution in [3.05, 3.63) is 35.9 Å². The average molecular weight is 225 g/mol. The van der Waals surface area contributed by atoms with Gasteiger partial charge in [-0.1, -0.05) is 30.3 Å². The predicted molar refractivity (Wildman–Crippen MR) is 60.7 cm³/mol. The van der Waals surface area contributed by atoms with E-state index in [-0.39, 0.29) is 6.42 Å². The third-order valence-electron chi connectivity index (χ3n) is 3.12. The van der Waals surface area contributed by atoms with E-state index in [4.69, 9.17) is 0 Å². The Labute approximate surface area is 94.9 Å². The molecule has 0 aliphatic carbocycles. The first-order chi connectivity index (χ1) is 7.68. The van der Waals surface area contributed by atoms with E-state index in [0.717, 1.165) is 12.0 Å². The third-order valence-corrected chi connectivity index (χ3v) is 3.12. The zero-order valence-corrected chi connectivity index (χ0v) is 9.26. The summed E-state index contributed by atoms with van der Waals surface area (Å²) in [5.74, 6) is -2.58. The van der Waals surface area contributed by atoms with Gasteiger partial charge in [0, 0.05) is 6.42 Å². The number of nitrogens with one attached hydrogen (secondary N) is 1. The van der Waals surface area contributed by atoms with Gasteiger partial charge in [-0.3, -0.25) is 0 Å². The van der Waals surface area contributed by atoms with Crippen LogP contribution in [-0.2, 0) is 6.42 Å². The third kappa shape index (κ3) is 2.79. The fraction of sp³-hybridized carbons (Fsp3) is 0.538. The normalized spacial score (nSPS) is 25.0. The number of rotatable bonds is 2. The standard InChI is InChI=1S/C13H17F2N/c14-13(15)8-4-5-9-16-12(13)10-11-6-2-1-3-7-11/h1-3,6-7,12,16H,4-5,8-10H2. The highest BCUT2D eigenvalue weighted by Gasteiger charge is 2.39. The maximum Gasteiger partial charge on any atom is 0.263 e. The molecule has 1 saturated heterocycles. The van der Waals surface area contributed by atoms with E-state index in [1.54, 1.807) is 0 Å². The van der Waals surface area contributed by atoms with Crippen LogP contribution >= 0.6 is 0 Å². The lowest BCUT2D eigenvalue weighted by atomic mass is 9.98. The van der Waals surface area contributed by atoms with Gasteiger partial charge < -0.3 is 5.32 Å². The molecule has 16 heavy (non-hydrogen) atoms. The highest BCUT2D eigenvalue weighted by molar-refractivity contribution is 5.16. The second kappa shape index (κ2) is 4.91. The summed E-state index contributed by atoms with van der Waals surface area (Å²) >= 11 is 0. The van der Waals surface area contributed by atoms with E-state index in [9.17, 15) is 8.78 Å². The van der Waals surface area contributed by atoms with Gasteiger partial charge in [0.05, 0.1) is 6.04 Å². The smallest absolute Gasteiger partial charge is 0.263 e. The van der Waals surface area contributed by atoms with Crippen LogP contribution in [0.1, 0.15) is 24.8 Å². The number of alkyl halides is 2. The predicted octanol–water partition coefficient (Wildman–Crippen LogP) is 3.01. The van der Waals surface area contributed by atoms with E-state index >= 15 is 0 Å². The molecule has 1 aromatic rings. The van der Waals surface area contributed by atoms with Crippen LogP contribution in [0.25, 0.3) is 0 Å². The summed E-state index contributed by atoms with van der Waals surface area (Å²) in [5.41, 5.74) is 0.974. The van der Waals surface area contributed by atoms with Gasteiger partial charge in [-0.05, 0) is 31.4 Å². The highest BCUT2D eigenvalue weighted by Crippen LogP contribution is 2.29. The monoisotopic (exact) mass is 225 g/mol. The maximum atomic E-state index is 13.8. The molecule has 1 N–H and O–H groups in total.